The van der Waals surface area contributed by atoms with Gasteiger partial charge in [-0.05, 0) is 37.1 Å². The molecule has 126 valence electrons. The third-order valence-electron chi connectivity index (χ3n) is 4.32. The molecule has 3 rings (SSSR count). The van der Waals surface area contributed by atoms with Gasteiger partial charge in [0.05, 0.1) is 6.04 Å². The van der Waals surface area contributed by atoms with Gasteiger partial charge in [-0.3, -0.25) is 4.90 Å². The lowest BCUT2D eigenvalue weighted by Gasteiger charge is -2.35. The van der Waals surface area contributed by atoms with E-state index in [9.17, 15) is 9.90 Å². The number of amides is 1. The molecule has 1 fully saturated rings. The summed E-state index contributed by atoms with van der Waals surface area (Å²) in [5.41, 5.74) is 3.56. The summed E-state index contributed by atoms with van der Waals surface area (Å²) in [5, 5.41) is 12.8. The van der Waals surface area contributed by atoms with Crippen molar-refractivity contribution in [3.05, 3.63) is 59.2 Å². The molecule has 0 bridgehead atoms. The first-order valence-corrected chi connectivity index (χ1v) is 8.92. The molecule has 24 heavy (non-hydrogen) atoms. The number of hydrogen-bond donors (Lipinski definition) is 2. The molecule has 2 N–H and O–H groups in total. The highest BCUT2D eigenvalue weighted by atomic mass is 32.2. The quantitative estimate of drug-likeness (QED) is 0.882. The van der Waals surface area contributed by atoms with Crippen molar-refractivity contribution in [3.63, 3.8) is 0 Å². The summed E-state index contributed by atoms with van der Waals surface area (Å²) in [6.45, 7) is 6.08. The van der Waals surface area contributed by atoms with Gasteiger partial charge in [0.1, 0.15) is 0 Å². The zero-order valence-corrected chi connectivity index (χ0v) is 14.8. The van der Waals surface area contributed by atoms with Crippen LogP contribution in [0, 0.1) is 13.8 Å². The van der Waals surface area contributed by atoms with Crippen LogP contribution in [0.3, 0.4) is 0 Å². The summed E-state index contributed by atoms with van der Waals surface area (Å²) in [6, 6.07) is 14.4. The maximum Gasteiger partial charge on any atom is 0.407 e. The van der Waals surface area contributed by atoms with E-state index in [0.717, 1.165) is 10.5 Å². The van der Waals surface area contributed by atoms with E-state index in [0.29, 0.717) is 19.6 Å². The molecule has 1 unspecified atom stereocenters. The molecule has 2 aromatic rings. The molecule has 0 aromatic heterocycles. The molecule has 0 radical (unpaired) electrons. The molecule has 0 aliphatic carbocycles. The van der Waals surface area contributed by atoms with Crippen LogP contribution in [-0.4, -0.2) is 35.7 Å². The SMILES string of the molecule is Cc1ccc(Sc2ccccc2C2CNCCN2C(=O)O)c(C)c1. The molecule has 4 nitrogen and oxygen atoms in total. The largest absolute Gasteiger partial charge is 0.465 e. The zero-order chi connectivity index (χ0) is 17.1. The predicted molar refractivity (Wildman–Crippen MR) is 96.8 cm³/mol. The van der Waals surface area contributed by atoms with Gasteiger partial charge in [0, 0.05) is 29.4 Å². The fraction of sp³-hybridized carbons (Fsp3) is 0.316. The Kier molecular flexibility index (Phi) is 5.11. The molecule has 1 atom stereocenters. The Bertz CT molecular complexity index is 748. The molecule has 2 aromatic carbocycles. The van der Waals surface area contributed by atoms with E-state index >= 15 is 0 Å². The van der Waals surface area contributed by atoms with Crippen molar-refractivity contribution in [2.75, 3.05) is 19.6 Å². The van der Waals surface area contributed by atoms with Gasteiger partial charge < -0.3 is 10.4 Å². The number of rotatable bonds is 3. The molecule has 5 heteroatoms. The Balaban J connectivity index is 1.94. The minimum atomic E-state index is -0.854. The van der Waals surface area contributed by atoms with Crippen molar-refractivity contribution in [1.29, 1.82) is 0 Å². The summed E-state index contributed by atoms with van der Waals surface area (Å²) < 4.78 is 0. The highest BCUT2D eigenvalue weighted by Crippen LogP contribution is 2.37. The Hall–Kier alpha value is -1.98. The Labute approximate surface area is 146 Å². The van der Waals surface area contributed by atoms with Crippen molar-refractivity contribution in [1.82, 2.24) is 10.2 Å². The Morgan fingerprint density at radius 2 is 2.00 bits per heavy atom. The van der Waals surface area contributed by atoms with E-state index < -0.39 is 6.09 Å². The van der Waals surface area contributed by atoms with Gasteiger partial charge in [-0.2, -0.15) is 0 Å². The van der Waals surface area contributed by atoms with Gasteiger partial charge >= 0.3 is 6.09 Å². The van der Waals surface area contributed by atoms with Gasteiger partial charge in [0.25, 0.3) is 0 Å². The van der Waals surface area contributed by atoms with Crippen LogP contribution in [0.4, 0.5) is 4.79 Å². The standard InChI is InChI=1S/C19H22N2O2S/c1-13-7-8-17(14(2)11-13)24-18-6-4-3-5-15(18)16-12-20-9-10-21(16)19(22)23/h3-8,11,16,20H,9-10,12H2,1-2H3,(H,22,23). The van der Waals surface area contributed by atoms with E-state index in [1.807, 2.05) is 18.2 Å². The van der Waals surface area contributed by atoms with Crippen LogP contribution in [0.25, 0.3) is 0 Å². The molecule has 1 saturated heterocycles. The third kappa shape index (κ3) is 3.57. The molecular formula is C19H22N2O2S. The molecule has 1 heterocycles. The lowest BCUT2D eigenvalue weighted by Crippen LogP contribution is -2.48. The predicted octanol–water partition coefficient (Wildman–Crippen LogP) is 4.08. The molecule has 1 aliphatic rings. The highest BCUT2D eigenvalue weighted by molar-refractivity contribution is 7.99. The summed E-state index contributed by atoms with van der Waals surface area (Å²) in [5.74, 6) is 0. The van der Waals surface area contributed by atoms with Crippen LogP contribution in [0.5, 0.6) is 0 Å². The van der Waals surface area contributed by atoms with E-state index in [-0.39, 0.29) is 6.04 Å². The van der Waals surface area contributed by atoms with Gasteiger partial charge in [-0.1, -0.05) is 47.7 Å². The van der Waals surface area contributed by atoms with Crippen LogP contribution in [-0.2, 0) is 0 Å². The van der Waals surface area contributed by atoms with Crippen LogP contribution in [0.2, 0.25) is 0 Å². The van der Waals surface area contributed by atoms with Crippen LogP contribution >= 0.6 is 11.8 Å². The average molecular weight is 342 g/mol. The van der Waals surface area contributed by atoms with Gasteiger partial charge in [0.2, 0.25) is 0 Å². The summed E-state index contributed by atoms with van der Waals surface area (Å²) in [6.07, 6.45) is -0.854. The number of hydrogen-bond acceptors (Lipinski definition) is 3. The van der Waals surface area contributed by atoms with Crippen LogP contribution in [0.15, 0.2) is 52.3 Å². The summed E-state index contributed by atoms with van der Waals surface area (Å²) >= 11 is 1.71. The number of benzene rings is 2. The lowest BCUT2D eigenvalue weighted by molar-refractivity contribution is 0.111. The molecule has 1 aliphatic heterocycles. The van der Waals surface area contributed by atoms with Crippen molar-refractivity contribution >= 4 is 17.9 Å². The summed E-state index contributed by atoms with van der Waals surface area (Å²) in [4.78, 5) is 15.5. The number of nitrogens with zero attached hydrogens (tertiary/aromatic N) is 1. The number of carboxylic acid groups (broad SMARTS) is 1. The minimum Gasteiger partial charge on any atom is -0.465 e. The van der Waals surface area contributed by atoms with Crippen molar-refractivity contribution in [2.45, 2.75) is 29.7 Å². The summed E-state index contributed by atoms with van der Waals surface area (Å²) in [7, 11) is 0. The minimum absolute atomic E-state index is 0.147. The first-order chi connectivity index (χ1) is 11.6. The first kappa shape index (κ1) is 16.9. The first-order valence-electron chi connectivity index (χ1n) is 8.10. The highest BCUT2D eigenvalue weighted by Gasteiger charge is 2.29. The van der Waals surface area contributed by atoms with E-state index in [1.54, 1.807) is 11.8 Å². The normalized spacial score (nSPS) is 17.8. The van der Waals surface area contributed by atoms with Crippen molar-refractivity contribution < 1.29 is 9.90 Å². The van der Waals surface area contributed by atoms with Crippen molar-refractivity contribution in [3.8, 4) is 0 Å². The number of aryl methyl sites for hydroxylation is 2. The van der Waals surface area contributed by atoms with Crippen LogP contribution < -0.4 is 5.32 Å². The molecule has 1 amide bonds. The van der Waals surface area contributed by atoms with Gasteiger partial charge in [-0.15, -0.1) is 0 Å². The number of piperazine rings is 1. The van der Waals surface area contributed by atoms with Gasteiger partial charge in [0.15, 0.2) is 0 Å². The smallest absolute Gasteiger partial charge is 0.407 e. The second-order valence-corrected chi connectivity index (χ2v) is 7.19. The molecular weight excluding hydrogens is 320 g/mol. The maximum absolute atomic E-state index is 11.6. The van der Waals surface area contributed by atoms with E-state index in [1.165, 1.54) is 20.9 Å². The molecule has 0 spiro atoms. The maximum atomic E-state index is 11.6. The van der Waals surface area contributed by atoms with Crippen molar-refractivity contribution in [2.24, 2.45) is 0 Å². The Morgan fingerprint density at radius 3 is 2.75 bits per heavy atom. The number of nitrogens with one attached hydrogen (secondary N) is 1. The fourth-order valence-corrected chi connectivity index (χ4v) is 4.15. The molecule has 0 saturated carbocycles. The topological polar surface area (TPSA) is 52.6 Å². The second kappa shape index (κ2) is 7.28. The van der Waals surface area contributed by atoms with E-state index in [4.69, 9.17) is 0 Å². The van der Waals surface area contributed by atoms with E-state index in [2.05, 4.69) is 43.4 Å². The Morgan fingerprint density at radius 1 is 1.21 bits per heavy atom. The van der Waals surface area contributed by atoms with Gasteiger partial charge in [-0.25, -0.2) is 4.79 Å². The van der Waals surface area contributed by atoms with Crippen LogP contribution in [0.1, 0.15) is 22.7 Å². The second-order valence-electron chi connectivity index (χ2n) is 6.10. The average Bonchev–Trinajstić information content (AvgIpc) is 2.58. The monoisotopic (exact) mass is 342 g/mol. The zero-order valence-electron chi connectivity index (χ0n) is 14.0. The number of carbonyl (C=O) groups is 1. The fourth-order valence-electron chi connectivity index (χ4n) is 3.09. The third-order valence-corrected chi connectivity index (χ3v) is 5.59. The lowest BCUT2D eigenvalue weighted by atomic mass is 10.0.